The number of hydrogen-bond donors (Lipinski definition) is 0. The molecule has 1 aliphatic heterocycles. The zero-order valence-corrected chi connectivity index (χ0v) is 13.0. The zero-order valence-electron chi connectivity index (χ0n) is 10.6. The lowest BCUT2D eigenvalue weighted by molar-refractivity contribution is 0.218. The van der Waals surface area contributed by atoms with Crippen molar-refractivity contribution < 1.29 is 8.42 Å². The molecule has 3 nitrogen and oxygen atoms in total. The van der Waals surface area contributed by atoms with Crippen molar-refractivity contribution in [1.29, 1.82) is 0 Å². The SMILES string of the molecule is CC1CCC(C)N(S(=O)(=O)c2csc(CCl)c2)C1. The van der Waals surface area contributed by atoms with Gasteiger partial charge >= 0.3 is 0 Å². The summed E-state index contributed by atoms with van der Waals surface area (Å²) in [6.45, 7) is 4.71. The Balaban J connectivity index is 2.29. The molecule has 1 aromatic heterocycles. The first kappa shape index (κ1) is 14.3. The van der Waals surface area contributed by atoms with Crippen LogP contribution in [-0.4, -0.2) is 25.3 Å². The van der Waals surface area contributed by atoms with Crippen LogP contribution >= 0.6 is 22.9 Å². The molecule has 0 amide bonds. The van der Waals surface area contributed by atoms with Crippen molar-refractivity contribution in [2.75, 3.05) is 6.54 Å². The van der Waals surface area contributed by atoms with E-state index in [1.54, 1.807) is 15.8 Å². The number of sulfonamides is 1. The Bertz CT molecular complexity index is 512. The fraction of sp³-hybridized carbons (Fsp3) is 0.667. The molecule has 0 spiro atoms. The van der Waals surface area contributed by atoms with Gasteiger partial charge in [0, 0.05) is 22.8 Å². The van der Waals surface area contributed by atoms with Crippen molar-refractivity contribution in [1.82, 2.24) is 4.31 Å². The average Bonchev–Trinajstić information content (AvgIpc) is 2.81. The van der Waals surface area contributed by atoms with Gasteiger partial charge in [0.2, 0.25) is 10.0 Å². The molecule has 1 aliphatic rings. The van der Waals surface area contributed by atoms with Gasteiger partial charge in [-0.15, -0.1) is 22.9 Å². The highest BCUT2D eigenvalue weighted by atomic mass is 35.5. The number of alkyl halides is 1. The van der Waals surface area contributed by atoms with Crippen molar-refractivity contribution in [2.45, 2.75) is 43.5 Å². The number of hydrogen-bond acceptors (Lipinski definition) is 3. The first-order valence-corrected chi connectivity index (χ1v) is 8.95. The fourth-order valence-corrected chi connectivity index (χ4v) is 5.44. The molecule has 0 aliphatic carbocycles. The molecule has 1 aromatic rings. The van der Waals surface area contributed by atoms with Crippen LogP contribution < -0.4 is 0 Å². The molecule has 0 N–H and O–H groups in total. The molecule has 2 heterocycles. The number of nitrogens with zero attached hydrogens (tertiary/aromatic N) is 1. The van der Waals surface area contributed by atoms with E-state index in [-0.39, 0.29) is 6.04 Å². The molecule has 2 atom stereocenters. The predicted molar refractivity (Wildman–Crippen MR) is 75.6 cm³/mol. The molecule has 102 valence electrons. The van der Waals surface area contributed by atoms with Gasteiger partial charge in [0.1, 0.15) is 0 Å². The van der Waals surface area contributed by atoms with Crippen LogP contribution in [0.15, 0.2) is 16.3 Å². The van der Waals surface area contributed by atoms with Crippen molar-refractivity contribution in [3.63, 3.8) is 0 Å². The van der Waals surface area contributed by atoms with Crippen LogP contribution in [0.3, 0.4) is 0 Å². The highest BCUT2D eigenvalue weighted by molar-refractivity contribution is 7.89. The molecule has 6 heteroatoms. The Hall–Kier alpha value is -0.100. The Labute approximate surface area is 118 Å². The quantitative estimate of drug-likeness (QED) is 0.804. The second-order valence-electron chi connectivity index (χ2n) is 4.99. The lowest BCUT2D eigenvalue weighted by Gasteiger charge is -2.35. The second-order valence-corrected chi connectivity index (χ2v) is 8.14. The van der Waals surface area contributed by atoms with E-state index in [9.17, 15) is 8.42 Å². The Kier molecular flexibility index (Phi) is 4.36. The molecule has 0 radical (unpaired) electrons. The zero-order chi connectivity index (χ0) is 13.3. The number of thiophene rings is 1. The summed E-state index contributed by atoms with van der Waals surface area (Å²) in [5.74, 6) is 0.800. The summed E-state index contributed by atoms with van der Waals surface area (Å²) >= 11 is 7.13. The van der Waals surface area contributed by atoms with Crippen LogP contribution in [-0.2, 0) is 15.9 Å². The molecule has 1 saturated heterocycles. The third-order valence-electron chi connectivity index (χ3n) is 3.43. The Morgan fingerprint density at radius 1 is 1.44 bits per heavy atom. The largest absolute Gasteiger partial charge is 0.244 e. The summed E-state index contributed by atoms with van der Waals surface area (Å²) in [6, 6.07) is 1.78. The number of rotatable bonds is 3. The van der Waals surface area contributed by atoms with Crippen LogP contribution in [0.5, 0.6) is 0 Å². The van der Waals surface area contributed by atoms with E-state index in [1.165, 1.54) is 11.3 Å². The molecular formula is C12H18ClNO2S2. The third kappa shape index (κ3) is 2.74. The molecule has 2 rings (SSSR count). The normalized spacial score (nSPS) is 26.4. The van der Waals surface area contributed by atoms with Gasteiger partial charge in [-0.2, -0.15) is 4.31 Å². The van der Waals surface area contributed by atoms with Crippen LogP contribution in [0.1, 0.15) is 31.6 Å². The standard InChI is InChI=1S/C12H18ClNO2S2/c1-9-3-4-10(2)14(7-9)18(15,16)12-5-11(6-13)17-8-12/h5,8-10H,3-4,6-7H2,1-2H3. The maximum atomic E-state index is 12.6. The topological polar surface area (TPSA) is 37.4 Å². The third-order valence-corrected chi connectivity index (χ3v) is 6.92. The average molecular weight is 308 g/mol. The van der Waals surface area contributed by atoms with Gasteiger partial charge in [-0.1, -0.05) is 6.92 Å². The minimum atomic E-state index is -3.35. The lowest BCUT2D eigenvalue weighted by atomic mass is 9.97. The minimum absolute atomic E-state index is 0.0885. The van der Waals surface area contributed by atoms with Gasteiger partial charge in [0.05, 0.1) is 10.8 Å². The number of halogens is 1. The predicted octanol–water partition coefficient (Wildman–Crippen LogP) is 3.30. The van der Waals surface area contributed by atoms with Gasteiger partial charge in [-0.05, 0) is 31.7 Å². The van der Waals surface area contributed by atoms with Gasteiger partial charge in [0.25, 0.3) is 0 Å². The molecule has 0 saturated carbocycles. The highest BCUT2D eigenvalue weighted by Gasteiger charge is 2.33. The van der Waals surface area contributed by atoms with Gasteiger partial charge in [-0.3, -0.25) is 0 Å². The van der Waals surface area contributed by atoms with Crippen molar-refractivity contribution in [3.8, 4) is 0 Å². The second kappa shape index (κ2) is 5.49. The summed E-state index contributed by atoms with van der Waals surface area (Å²) in [7, 11) is -3.35. The van der Waals surface area contributed by atoms with E-state index in [1.807, 2.05) is 6.92 Å². The van der Waals surface area contributed by atoms with Crippen LogP contribution in [0, 0.1) is 5.92 Å². The lowest BCUT2D eigenvalue weighted by Crippen LogP contribution is -2.44. The van der Waals surface area contributed by atoms with Crippen molar-refractivity contribution in [3.05, 3.63) is 16.3 Å². The summed E-state index contributed by atoms with van der Waals surface area (Å²) in [4.78, 5) is 1.29. The maximum Gasteiger partial charge on any atom is 0.244 e. The molecule has 1 fully saturated rings. The first-order chi connectivity index (χ1) is 8.45. The van der Waals surface area contributed by atoms with E-state index < -0.39 is 10.0 Å². The maximum absolute atomic E-state index is 12.6. The smallest absolute Gasteiger partial charge is 0.207 e. The van der Waals surface area contributed by atoms with Gasteiger partial charge in [0.15, 0.2) is 0 Å². The van der Waals surface area contributed by atoms with Crippen molar-refractivity contribution >= 4 is 33.0 Å². The summed E-state index contributed by atoms with van der Waals surface area (Å²) < 4.78 is 26.8. The molecular weight excluding hydrogens is 290 g/mol. The Morgan fingerprint density at radius 2 is 2.17 bits per heavy atom. The van der Waals surface area contributed by atoms with Gasteiger partial charge in [-0.25, -0.2) is 8.42 Å². The Morgan fingerprint density at radius 3 is 2.78 bits per heavy atom. The van der Waals surface area contributed by atoms with Crippen LogP contribution in [0.2, 0.25) is 0 Å². The summed E-state index contributed by atoms with van der Waals surface area (Å²) in [6.07, 6.45) is 2.04. The van der Waals surface area contributed by atoms with Gasteiger partial charge < -0.3 is 0 Å². The first-order valence-electron chi connectivity index (χ1n) is 6.10. The summed E-state index contributed by atoms with van der Waals surface area (Å²) in [5, 5.41) is 1.69. The summed E-state index contributed by atoms with van der Waals surface area (Å²) in [5.41, 5.74) is 0. The minimum Gasteiger partial charge on any atom is -0.207 e. The van der Waals surface area contributed by atoms with E-state index in [2.05, 4.69) is 6.92 Å². The van der Waals surface area contributed by atoms with E-state index in [0.717, 1.165) is 17.7 Å². The van der Waals surface area contributed by atoms with Crippen LogP contribution in [0.4, 0.5) is 0 Å². The van der Waals surface area contributed by atoms with E-state index in [0.29, 0.717) is 23.2 Å². The van der Waals surface area contributed by atoms with Crippen LogP contribution in [0.25, 0.3) is 0 Å². The van der Waals surface area contributed by atoms with E-state index >= 15 is 0 Å². The molecule has 18 heavy (non-hydrogen) atoms. The highest BCUT2D eigenvalue weighted by Crippen LogP contribution is 2.30. The molecule has 2 unspecified atom stereocenters. The molecule has 0 bridgehead atoms. The molecule has 0 aromatic carbocycles. The monoisotopic (exact) mass is 307 g/mol. The fourth-order valence-electron chi connectivity index (χ4n) is 2.28. The number of piperidine rings is 1. The van der Waals surface area contributed by atoms with E-state index in [4.69, 9.17) is 11.6 Å². The van der Waals surface area contributed by atoms with Crippen molar-refractivity contribution in [2.24, 2.45) is 5.92 Å².